The Morgan fingerprint density at radius 3 is 2.33 bits per heavy atom. The van der Waals surface area contributed by atoms with Crippen LogP contribution in [-0.4, -0.2) is 55.3 Å². The van der Waals surface area contributed by atoms with Crippen molar-refractivity contribution < 1.29 is 22.7 Å². The van der Waals surface area contributed by atoms with E-state index in [1.807, 2.05) is 0 Å². The second kappa shape index (κ2) is 11.1. The van der Waals surface area contributed by atoms with Gasteiger partial charge in [-0.3, -0.25) is 4.79 Å². The first-order valence-electron chi connectivity index (χ1n) is 11.6. The average Bonchev–Trinajstić information content (AvgIpc) is 2.70. The summed E-state index contributed by atoms with van der Waals surface area (Å²) in [7, 11) is -3.82. The Morgan fingerprint density at radius 1 is 1.13 bits per heavy atom. The quantitative estimate of drug-likeness (QED) is 0.299. The van der Waals surface area contributed by atoms with Crippen LogP contribution >= 0.6 is 0 Å². The minimum atomic E-state index is -3.82. The monoisotopic (exact) mass is 443 g/mol. The second-order valence-electron chi connectivity index (χ2n) is 9.63. The molecule has 0 saturated carbocycles. The molecule has 2 rings (SSSR count). The molecule has 0 spiro atoms. The third-order valence-corrected chi connectivity index (χ3v) is 8.64. The van der Waals surface area contributed by atoms with Crippen LogP contribution in [0.2, 0.25) is 0 Å². The minimum absolute atomic E-state index is 0.155. The number of piperidine rings is 1. The highest BCUT2D eigenvalue weighted by atomic mass is 32.2. The molecule has 174 valence electrons. The van der Waals surface area contributed by atoms with Gasteiger partial charge < -0.3 is 9.47 Å². The summed E-state index contributed by atoms with van der Waals surface area (Å²) in [5.74, 6) is -0.220. The highest BCUT2D eigenvalue weighted by Gasteiger charge is 2.56. The van der Waals surface area contributed by atoms with E-state index in [2.05, 4.69) is 19.1 Å². The van der Waals surface area contributed by atoms with Gasteiger partial charge in [0.05, 0.1) is 0 Å². The number of unbranched alkanes of at least 4 members (excludes halogenated alkanes) is 4. The van der Waals surface area contributed by atoms with E-state index in [-0.39, 0.29) is 26.1 Å². The number of esters is 1. The molecule has 0 amide bonds. The first-order chi connectivity index (χ1) is 14.1. The number of carbonyl (C=O) groups excluding carboxylic acids is 1. The van der Waals surface area contributed by atoms with E-state index in [4.69, 9.17) is 9.47 Å². The lowest BCUT2D eigenvalue weighted by molar-refractivity contribution is -0.161. The molecule has 0 aromatic rings. The van der Waals surface area contributed by atoms with Gasteiger partial charge in [0.2, 0.25) is 10.0 Å². The summed E-state index contributed by atoms with van der Waals surface area (Å²) in [6.07, 6.45) is 12.5. The lowest BCUT2D eigenvalue weighted by atomic mass is 9.97. The SMILES string of the molecule is CCCCCCC=CC1CCN(S(=O)(=O)C2(C(=O)OC(C)(C)C)CCOCC2)CC1. The van der Waals surface area contributed by atoms with Crippen molar-refractivity contribution in [3.05, 3.63) is 12.2 Å². The van der Waals surface area contributed by atoms with E-state index in [9.17, 15) is 13.2 Å². The molecule has 0 N–H and O–H groups in total. The molecule has 0 atom stereocenters. The highest BCUT2D eigenvalue weighted by Crippen LogP contribution is 2.37. The summed E-state index contributed by atoms with van der Waals surface area (Å²) < 4.78 is 38.2. The normalized spacial score (nSPS) is 21.7. The molecule has 30 heavy (non-hydrogen) atoms. The van der Waals surface area contributed by atoms with Crippen LogP contribution in [0.3, 0.4) is 0 Å². The van der Waals surface area contributed by atoms with E-state index >= 15 is 0 Å². The largest absolute Gasteiger partial charge is 0.459 e. The van der Waals surface area contributed by atoms with Crippen LogP contribution in [0.25, 0.3) is 0 Å². The van der Waals surface area contributed by atoms with Crippen molar-refractivity contribution in [2.24, 2.45) is 5.92 Å². The summed E-state index contributed by atoms with van der Waals surface area (Å²) in [5, 5.41) is 0. The predicted octanol–water partition coefficient (Wildman–Crippen LogP) is 4.45. The van der Waals surface area contributed by atoms with Crippen LogP contribution in [0.4, 0.5) is 0 Å². The van der Waals surface area contributed by atoms with Crippen molar-refractivity contribution in [2.45, 2.75) is 95.8 Å². The molecular weight excluding hydrogens is 402 g/mol. The van der Waals surface area contributed by atoms with Gasteiger partial charge in [0.25, 0.3) is 0 Å². The summed E-state index contributed by atoms with van der Waals surface area (Å²) in [6, 6.07) is 0. The fourth-order valence-corrected chi connectivity index (χ4v) is 6.29. The number of hydrogen-bond donors (Lipinski definition) is 0. The minimum Gasteiger partial charge on any atom is -0.459 e. The number of rotatable bonds is 9. The summed E-state index contributed by atoms with van der Waals surface area (Å²) in [6.45, 7) is 8.95. The molecule has 7 heteroatoms. The Labute approximate surface area is 183 Å². The van der Waals surface area contributed by atoms with Crippen LogP contribution in [0.1, 0.15) is 85.5 Å². The molecule has 2 aliphatic rings. The Hall–Kier alpha value is -0.920. The summed E-state index contributed by atoms with van der Waals surface area (Å²) in [4.78, 5) is 13.0. The molecule has 6 nitrogen and oxygen atoms in total. The van der Waals surface area contributed by atoms with Gasteiger partial charge in [0.1, 0.15) is 5.60 Å². The Balaban J connectivity index is 2.01. The molecule has 0 unspecified atom stereocenters. The molecule has 2 aliphatic heterocycles. The van der Waals surface area contributed by atoms with Gasteiger partial charge >= 0.3 is 5.97 Å². The van der Waals surface area contributed by atoms with Gasteiger partial charge in [-0.1, -0.05) is 38.3 Å². The lowest BCUT2D eigenvalue weighted by Gasteiger charge is -2.41. The lowest BCUT2D eigenvalue weighted by Crippen LogP contribution is -2.58. The van der Waals surface area contributed by atoms with Gasteiger partial charge in [0.15, 0.2) is 4.75 Å². The third kappa shape index (κ3) is 6.54. The van der Waals surface area contributed by atoms with Crippen molar-refractivity contribution in [2.75, 3.05) is 26.3 Å². The van der Waals surface area contributed by atoms with E-state index in [0.29, 0.717) is 19.0 Å². The molecule has 0 bridgehead atoms. The second-order valence-corrected chi connectivity index (χ2v) is 11.9. The molecule has 0 aromatic carbocycles. The van der Waals surface area contributed by atoms with E-state index < -0.39 is 26.3 Å². The average molecular weight is 444 g/mol. The third-order valence-electron chi connectivity index (χ3n) is 6.04. The standard InChI is InChI=1S/C23H41NO5S/c1-5-6-7-8-9-10-11-20-12-16-24(17-13-20)30(26,27)23(14-18-28-19-15-23)21(25)29-22(2,3)4/h10-11,20H,5-9,12-19H2,1-4H3. The first-order valence-corrected chi connectivity index (χ1v) is 13.0. The number of ether oxygens (including phenoxy) is 2. The zero-order chi connectivity index (χ0) is 22.3. The van der Waals surface area contributed by atoms with Gasteiger partial charge in [-0.25, -0.2) is 12.7 Å². The van der Waals surface area contributed by atoms with E-state index in [0.717, 1.165) is 19.3 Å². The van der Waals surface area contributed by atoms with Crippen molar-refractivity contribution in [3.63, 3.8) is 0 Å². The summed E-state index contributed by atoms with van der Waals surface area (Å²) >= 11 is 0. The number of hydrogen-bond acceptors (Lipinski definition) is 5. The smallest absolute Gasteiger partial charge is 0.329 e. The fraction of sp³-hybridized carbons (Fsp3) is 0.870. The number of allylic oxidation sites excluding steroid dienone is 2. The first kappa shape index (κ1) is 25.3. The maximum absolute atomic E-state index is 13.6. The maximum atomic E-state index is 13.6. The Kier molecular flexibility index (Phi) is 9.37. The fourth-order valence-electron chi connectivity index (χ4n) is 4.17. The molecule has 0 aromatic heterocycles. The van der Waals surface area contributed by atoms with Crippen LogP contribution in [0, 0.1) is 5.92 Å². The number of sulfonamides is 1. The maximum Gasteiger partial charge on any atom is 0.329 e. The topological polar surface area (TPSA) is 72.9 Å². The van der Waals surface area contributed by atoms with Crippen molar-refractivity contribution >= 4 is 16.0 Å². The molecule has 2 heterocycles. The summed E-state index contributed by atoms with van der Waals surface area (Å²) in [5.41, 5.74) is -0.729. The molecule has 0 radical (unpaired) electrons. The Bertz CT molecular complexity index is 666. The van der Waals surface area contributed by atoms with Crippen LogP contribution in [0.15, 0.2) is 12.2 Å². The zero-order valence-corrected chi connectivity index (χ0v) is 20.1. The van der Waals surface area contributed by atoms with Gasteiger partial charge in [0, 0.05) is 39.1 Å². The van der Waals surface area contributed by atoms with E-state index in [1.165, 1.54) is 30.0 Å². The molecule has 2 saturated heterocycles. The highest BCUT2D eigenvalue weighted by molar-refractivity contribution is 7.91. The molecule has 0 aliphatic carbocycles. The molecular formula is C23H41NO5S. The van der Waals surface area contributed by atoms with Crippen molar-refractivity contribution in [3.8, 4) is 0 Å². The predicted molar refractivity (Wildman–Crippen MR) is 120 cm³/mol. The van der Waals surface area contributed by atoms with Gasteiger partial charge in [-0.2, -0.15) is 0 Å². The van der Waals surface area contributed by atoms with Crippen molar-refractivity contribution in [1.82, 2.24) is 4.31 Å². The van der Waals surface area contributed by atoms with Gasteiger partial charge in [-0.05, 0) is 52.4 Å². The van der Waals surface area contributed by atoms with Crippen LogP contribution < -0.4 is 0 Å². The van der Waals surface area contributed by atoms with Gasteiger partial charge in [-0.15, -0.1) is 0 Å². The van der Waals surface area contributed by atoms with Crippen LogP contribution in [-0.2, 0) is 24.3 Å². The number of carbonyl (C=O) groups is 1. The molecule has 2 fully saturated rings. The zero-order valence-electron chi connectivity index (χ0n) is 19.3. The Morgan fingerprint density at radius 2 is 1.77 bits per heavy atom. The van der Waals surface area contributed by atoms with Crippen molar-refractivity contribution in [1.29, 1.82) is 0 Å². The van der Waals surface area contributed by atoms with E-state index in [1.54, 1.807) is 20.8 Å². The van der Waals surface area contributed by atoms with Crippen LogP contribution in [0.5, 0.6) is 0 Å². The number of nitrogens with zero attached hydrogens (tertiary/aromatic N) is 1.